The Morgan fingerprint density at radius 2 is 2.27 bits per heavy atom. The molecule has 0 radical (unpaired) electrons. The van der Waals surface area contributed by atoms with E-state index in [2.05, 4.69) is 15.0 Å². The van der Waals surface area contributed by atoms with Gasteiger partial charge < -0.3 is 20.6 Å². The predicted molar refractivity (Wildman–Crippen MR) is 80.5 cm³/mol. The van der Waals surface area contributed by atoms with Gasteiger partial charge in [0.25, 0.3) is 15.9 Å². The maximum atomic E-state index is 12.1. The van der Waals surface area contributed by atoms with Gasteiger partial charge in [-0.15, -0.1) is 4.40 Å². The molecule has 1 amide bonds. The molecule has 0 aliphatic carbocycles. The first-order chi connectivity index (χ1) is 10.4. The number of carbonyl (C=O) groups is 1. The largest absolute Gasteiger partial charge is 0.391 e. The van der Waals surface area contributed by atoms with Crippen molar-refractivity contribution >= 4 is 21.8 Å². The van der Waals surface area contributed by atoms with Gasteiger partial charge in [0.15, 0.2) is 0 Å². The summed E-state index contributed by atoms with van der Waals surface area (Å²) in [6.45, 7) is 1.91. The molecule has 120 valence electrons. The second kappa shape index (κ2) is 5.82. The summed E-state index contributed by atoms with van der Waals surface area (Å²) >= 11 is 0. The van der Waals surface area contributed by atoms with Crippen molar-refractivity contribution in [1.82, 2.24) is 15.5 Å². The Bertz CT molecular complexity index is 668. The van der Waals surface area contributed by atoms with E-state index in [0.717, 1.165) is 0 Å². The Morgan fingerprint density at radius 1 is 1.45 bits per heavy atom. The number of sulfonamides is 1. The van der Waals surface area contributed by atoms with Gasteiger partial charge in [0.2, 0.25) is 0 Å². The van der Waals surface area contributed by atoms with E-state index in [4.69, 9.17) is 0 Å². The lowest BCUT2D eigenvalue weighted by molar-refractivity contribution is -0.117. The van der Waals surface area contributed by atoms with Crippen molar-refractivity contribution in [1.29, 1.82) is 0 Å². The third-order valence-electron chi connectivity index (χ3n) is 3.92. The normalized spacial score (nSPS) is 29.6. The summed E-state index contributed by atoms with van der Waals surface area (Å²) in [4.78, 5) is 13.8. The van der Waals surface area contributed by atoms with Crippen LogP contribution in [-0.2, 0) is 14.8 Å². The molecule has 3 rings (SSSR count). The van der Waals surface area contributed by atoms with Gasteiger partial charge in [-0.25, -0.2) is 8.42 Å². The maximum absolute atomic E-state index is 12.1. The second-order valence-electron chi connectivity index (χ2n) is 5.54. The van der Waals surface area contributed by atoms with Crippen LogP contribution in [0.5, 0.6) is 0 Å². The van der Waals surface area contributed by atoms with E-state index in [1.165, 1.54) is 6.08 Å². The first-order valence-electron chi connectivity index (χ1n) is 7.11. The Kier molecular flexibility index (Phi) is 4.02. The van der Waals surface area contributed by atoms with Crippen molar-refractivity contribution in [3.63, 3.8) is 0 Å². The average Bonchev–Trinajstić information content (AvgIpc) is 2.88. The summed E-state index contributed by atoms with van der Waals surface area (Å²) in [7, 11) is -3.39. The lowest BCUT2D eigenvalue weighted by Crippen LogP contribution is -2.39. The van der Waals surface area contributed by atoms with E-state index in [1.807, 2.05) is 0 Å². The summed E-state index contributed by atoms with van der Waals surface area (Å²) in [5.74, 6) is 0.0331. The number of fused-ring (bicyclic) bond motifs is 1. The molecule has 3 aliphatic rings. The number of hydrogen-bond donors (Lipinski definition) is 3. The molecule has 3 N–H and O–H groups in total. The first-order valence-corrected chi connectivity index (χ1v) is 8.72. The van der Waals surface area contributed by atoms with Crippen LogP contribution in [0.1, 0.15) is 0 Å². The standard InChI is InChI=1S/C13H18N4O4S/c18-11-7-14-5-10(11)6-15-13(19)9-1-2-12-16-22(20,21)4-3-17(12)8-9/h1-2,8,10-11,14,18H,3-7H2,(H,15,19). The van der Waals surface area contributed by atoms with Crippen LogP contribution in [0.2, 0.25) is 0 Å². The highest BCUT2D eigenvalue weighted by atomic mass is 32.2. The highest BCUT2D eigenvalue weighted by Gasteiger charge is 2.27. The molecule has 22 heavy (non-hydrogen) atoms. The van der Waals surface area contributed by atoms with E-state index in [0.29, 0.717) is 31.0 Å². The number of β-amino-alcohol motifs (C(OH)–C–C–N with tert-alkyl or cyclic N) is 1. The molecule has 0 aromatic rings. The summed E-state index contributed by atoms with van der Waals surface area (Å²) in [5.41, 5.74) is 0.443. The van der Waals surface area contributed by atoms with Crippen molar-refractivity contribution in [2.45, 2.75) is 6.10 Å². The Morgan fingerprint density at radius 3 is 3.00 bits per heavy atom. The predicted octanol–water partition coefficient (Wildman–Crippen LogP) is -1.82. The fourth-order valence-corrected chi connectivity index (χ4v) is 3.56. The molecule has 2 unspecified atom stereocenters. The molecule has 2 atom stereocenters. The molecule has 0 saturated carbocycles. The highest BCUT2D eigenvalue weighted by Crippen LogP contribution is 2.16. The van der Waals surface area contributed by atoms with Gasteiger partial charge in [0.05, 0.1) is 17.4 Å². The van der Waals surface area contributed by atoms with Crippen LogP contribution < -0.4 is 10.6 Å². The minimum absolute atomic E-state index is 0.00868. The number of carbonyl (C=O) groups excluding carboxylic acids is 1. The number of aliphatic hydroxyl groups is 1. The van der Waals surface area contributed by atoms with Crippen molar-refractivity contribution < 1.29 is 18.3 Å². The third kappa shape index (κ3) is 3.21. The summed E-state index contributed by atoms with van der Waals surface area (Å²) in [5, 5.41) is 15.5. The van der Waals surface area contributed by atoms with Crippen LogP contribution in [0.3, 0.4) is 0 Å². The van der Waals surface area contributed by atoms with Gasteiger partial charge in [-0.05, 0) is 12.2 Å². The smallest absolute Gasteiger partial charge is 0.256 e. The molecule has 0 aromatic carbocycles. The number of rotatable bonds is 3. The number of amides is 1. The number of aliphatic hydroxyl groups excluding tert-OH is 1. The monoisotopic (exact) mass is 326 g/mol. The molecule has 3 aliphatic heterocycles. The zero-order valence-corrected chi connectivity index (χ0v) is 12.7. The van der Waals surface area contributed by atoms with Crippen LogP contribution in [-0.4, -0.2) is 68.2 Å². The van der Waals surface area contributed by atoms with Crippen molar-refractivity contribution in [3.8, 4) is 0 Å². The van der Waals surface area contributed by atoms with Crippen LogP contribution in [0.4, 0.5) is 0 Å². The first kappa shape index (κ1) is 15.2. The minimum Gasteiger partial charge on any atom is -0.391 e. The Balaban J connectivity index is 1.63. The van der Waals surface area contributed by atoms with Crippen LogP contribution in [0, 0.1) is 5.92 Å². The third-order valence-corrected chi connectivity index (χ3v) is 5.08. The van der Waals surface area contributed by atoms with Crippen LogP contribution in [0.15, 0.2) is 28.3 Å². The molecule has 1 saturated heterocycles. The van der Waals surface area contributed by atoms with Crippen molar-refractivity contribution in [3.05, 3.63) is 23.9 Å². The Hall–Kier alpha value is -1.71. The number of nitrogens with zero attached hydrogens (tertiary/aromatic N) is 2. The fraction of sp³-hybridized carbons (Fsp3) is 0.538. The number of hydrogen-bond acceptors (Lipinski definition) is 6. The van der Waals surface area contributed by atoms with Gasteiger partial charge in [-0.1, -0.05) is 0 Å². The van der Waals surface area contributed by atoms with E-state index < -0.39 is 16.1 Å². The molecule has 8 nitrogen and oxygen atoms in total. The minimum atomic E-state index is -3.39. The van der Waals surface area contributed by atoms with Crippen molar-refractivity contribution in [2.75, 3.05) is 31.9 Å². The summed E-state index contributed by atoms with van der Waals surface area (Å²) in [6, 6.07) is 0. The molecule has 9 heteroatoms. The fourth-order valence-electron chi connectivity index (χ4n) is 2.59. The SMILES string of the molecule is O=C(NCC1CNCC1O)C1=CN2CCS(=O)(=O)N=C2C=C1. The average molecular weight is 326 g/mol. The molecule has 0 spiro atoms. The van der Waals surface area contributed by atoms with E-state index in [9.17, 15) is 18.3 Å². The summed E-state index contributed by atoms with van der Waals surface area (Å²) < 4.78 is 26.5. The molecule has 3 heterocycles. The van der Waals surface area contributed by atoms with E-state index in [-0.39, 0.29) is 24.1 Å². The van der Waals surface area contributed by atoms with Gasteiger partial charge in [-0.2, -0.15) is 0 Å². The van der Waals surface area contributed by atoms with E-state index >= 15 is 0 Å². The second-order valence-corrected chi connectivity index (χ2v) is 7.30. The Labute approximate surface area is 128 Å². The van der Waals surface area contributed by atoms with Gasteiger partial charge >= 0.3 is 0 Å². The lowest BCUT2D eigenvalue weighted by atomic mass is 10.1. The van der Waals surface area contributed by atoms with Crippen LogP contribution in [0.25, 0.3) is 0 Å². The molecule has 0 bridgehead atoms. The summed E-state index contributed by atoms with van der Waals surface area (Å²) in [6.07, 6.45) is 4.24. The van der Waals surface area contributed by atoms with Gasteiger partial charge in [-0.3, -0.25) is 4.79 Å². The molecular formula is C13H18N4O4S. The zero-order chi connectivity index (χ0) is 15.7. The number of nitrogens with one attached hydrogen (secondary N) is 2. The highest BCUT2D eigenvalue weighted by molar-refractivity contribution is 7.90. The van der Waals surface area contributed by atoms with Crippen molar-refractivity contribution in [2.24, 2.45) is 10.3 Å². The maximum Gasteiger partial charge on any atom is 0.256 e. The van der Waals surface area contributed by atoms with Gasteiger partial charge in [0, 0.05) is 38.3 Å². The van der Waals surface area contributed by atoms with Gasteiger partial charge in [0.1, 0.15) is 5.84 Å². The molecular weight excluding hydrogens is 308 g/mol. The van der Waals surface area contributed by atoms with E-state index in [1.54, 1.807) is 17.2 Å². The zero-order valence-electron chi connectivity index (χ0n) is 11.9. The van der Waals surface area contributed by atoms with Crippen LogP contribution >= 0.6 is 0 Å². The lowest BCUT2D eigenvalue weighted by Gasteiger charge is -2.27. The topological polar surface area (TPSA) is 111 Å². The molecule has 0 aromatic heterocycles. The quantitative estimate of drug-likeness (QED) is 0.563. The number of amidine groups is 1. The molecule has 1 fully saturated rings.